The van der Waals surface area contributed by atoms with E-state index in [0.717, 1.165) is 17.5 Å². The molecule has 30 heavy (non-hydrogen) atoms. The number of nitrogens with one attached hydrogen (secondary N) is 1. The third-order valence-corrected chi connectivity index (χ3v) is 4.70. The van der Waals surface area contributed by atoms with Crippen LogP contribution in [0.1, 0.15) is 16.9 Å². The van der Waals surface area contributed by atoms with Gasteiger partial charge in [0, 0.05) is 23.7 Å². The lowest BCUT2D eigenvalue weighted by Gasteiger charge is -2.18. The van der Waals surface area contributed by atoms with Crippen LogP contribution >= 0.6 is 0 Å². The molecule has 1 aliphatic heterocycles. The molecular formula is C21H16F3N3O3. The summed E-state index contributed by atoms with van der Waals surface area (Å²) in [4.78, 5) is 30.9. The molecule has 9 heteroatoms. The number of aromatic nitrogens is 1. The quantitative estimate of drug-likeness (QED) is 0.706. The molecular weight excluding hydrogens is 399 g/mol. The Hall–Kier alpha value is -3.62. The van der Waals surface area contributed by atoms with Crippen molar-refractivity contribution in [2.24, 2.45) is 0 Å². The maximum atomic E-state index is 12.7. The number of ether oxygens (including phenoxy) is 1. The molecule has 0 spiro atoms. The molecule has 2 amide bonds. The second-order valence-electron chi connectivity index (χ2n) is 6.74. The standard InChI is InChI=1S/C21H16F3N3O3/c22-21(23,24)30-15-6-3-5-14(12-15)27-11-10-18(20(27)29)26-19(28)17-9-8-13-4-1-2-7-16(13)25-17/h1-9,12,18H,10-11H2,(H,26,28)/t18-/m0/s1. The fourth-order valence-electron chi connectivity index (χ4n) is 3.34. The van der Waals surface area contributed by atoms with Gasteiger partial charge < -0.3 is 15.0 Å². The first-order valence-electron chi connectivity index (χ1n) is 9.14. The van der Waals surface area contributed by atoms with Crippen molar-refractivity contribution in [3.05, 3.63) is 66.4 Å². The minimum Gasteiger partial charge on any atom is -0.406 e. The lowest BCUT2D eigenvalue weighted by atomic mass is 10.2. The number of fused-ring (bicyclic) bond motifs is 1. The van der Waals surface area contributed by atoms with Crippen molar-refractivity contribution in [3.8, 4) is 5.75 Å². The summed E-state index contributed by atoms with van der Waals surface area (Å²) in [7, 11) is 0. The highest BCUT2D eigenvalue weighted by Gasteiger charge is 2.35. The van der Waals surface area contributed by atoms with Crippen molar-refractivity contribution in [1.82, 2.24) is 10.3 Å². The first-order valence-corrected chi connectivity index (χ1v) is 9.14. The van der Waals surface area contributed by atoms with Gasteiger partial charge in [-0.1, -0.05) is 30.3 Å². The zero-order chi connectivity index (χ0) is 21.3. The number of hydrogen-bond donors (Lipinski definition) is 1. The van der Waals surface area contributed by atoms with Crippen molar-refractivity contribution in [1.29, 1.82) is 0 Å². The molecule has 2 heterocycles. The lowest BCUT2D eigenvalue weighted by Crippen LogP contribution is -2.41. The van der Waals surface area contributed by atoms with Gasteiger partial charge in [0.2, 0.25) is 5.91 Å². The van der Waals surface area contributed by atoms with Crippen LogP contribution in [0.2, 0.25) is 0 Å². The summed E-state index contributed by atoms with van der Waals surface area (Å²) < 4.78 is 41.2. The van der Waals surface area contributed by atoms with E-state index in [0.29, 0.717) is 11.9 Å². The van der Waals surface area contributed by atoms with Gasteiger partial charge in [-0.25, -0.2) is 4.98 Å². The average Bonchev–Trinajstić information content (AvgIpc) is 3.06. The smallest absolute Gasteiger partial charge is 0.406 e. The highest BCUT2D eigenvalue weighted by Crippen LogP contribution is 2.29. The molecule has 1 saturated heterocycles. The van der Waals surface area contributed by atoms with Crippen molar-refractivity contribution >= 4 is 28.4 Å². The van der Waals surface area contributed by atoms with Crippen LogP contribution in [0.25, 0.3) is 10.9 Å². The van der Waals surface area contributed by atoms with Crippen molar-refractivity contribution in [3.63, 3.8) is 0 Å². The Balaban J connectivity index is 1.46. The Morgan fingerprint density at radius 2 is 1.90 bits per heavy atom. The van der Waals surface area contributed by atoms with Crippen LogP contribution in [0, 0.1) is 0 Å². The largest absolute Gasteiger partial charge is 0.573 e. The number of para-hydroxylation sites is 1. The zero-order valence-electron chi connectivity index (χ0n) is 15.5. The number of carbonyl (C=O) groups excluding carboxylic acids is 2. The molecule has 0 unspecified atom stereocenters. The molecule has 0 saturated carbocycles. The summed E-state index contributed by atoms with van der Waals surface area (Å²) in [5.41, 5.74) is 1.11. The maximum absolute atomic E-state index is 12.7. The average molecular weight is 415 g/mol. The number of alkyl halides is 3. The van der Waals surface area contributed by atoms with Gasteiger partial charge in [-0.2, -0.15) is 0 Å². The molecule has 0 bridgehead atoms. The van der Waals surface area contributed by atoms with Crippen molar-refractivity contribution < 1.29 is 27.5 Å². The summed E-state index contributed by atoms with van der Waals surface area (Å²) in [6.45, 7) is 0.254. The predicted octanol–water partition coefficient (Wildman–Crippen LogP) is 3.67. The van der Waals surface area contributed by atoms with E-state index in [1.54, 1.807) is 18.2 Å². The van der Waals surface area contributed by atoms with Crippen LogP contribution in [0.4, 0.5) is 18.9 Å². The highest BCUT2D eigenvalue weighted by atomic mass is 19.4. The van der Waals surface area contributed by atoms with Crippen LogP contribution in [0.3, 0.4) is 0 Å². The van der Waals surface area contributed by atoms with Gasteiger partial charge in [0.05, 0.1) is 5.52 Å². The van der Waals surface area contributed by atoms with E-state index in [4.69, 9.17) is 0 Å². The Bertz CT molecular complexity index is 1120. The third kappa shape index (κ3) is 4.19. The fraction of sp³-hybridized carbons (Fsp3) is 0.190. The monoisotopic (exact) mass is 415 g/mol. The highest BCUT2D eigenvalue weighted by molar-refractivity contribution is 6.04. The predicted molar refractivity (Wildman–Crippen MR) is 103 cm³/mol. The van der Waals surface area contributed by atoms with E-state index >= 15 is 0 Å². The molecule has 154 valence electrons. The molecule has 1 fully saturated rings. The second-order valence-corrected chi connectivity index (χ2v) is 6.74. The summed E-state index contributed by atoms with van der Waals surface area (Å²) in [6.07, 6.45) is -4.50. The molecule has 1 aromatic heterocycles. The van der Waals surface area contributed by atoms with Crippen molar-refractivity contribution in [2.75, 3.05) is 11.4 Å². The first kappa shape index (κ1) is 19.7. The van der Waals surface area contributed by atoms with Gasteiger partial charge in [-0.3, -0.25) is 9.59 Å². The summed E-state index contributed by atoms with van der Waals surface area (Å²) in [5, 5.41) is 3.55. The minimum absolute atomic E-state index is 0.181. The number of pyridine rings is 1. The van der Waals surface area contributed by atoms with E-state index in [2.05, 4.69) is 15.0 Å². The van der Waals surface area contributed by atoms with Gasteiger partial charge in [0.25, 0.3) is 5.91 Å². The van der Waals surface area contributed by atoms with Gasteiger partial charge in [0.15, 0.2) is 0 Å². The first-order chi connectivity index (χ1) is 14.3. The number of carbonyl (C=O) groups is 2. The normalized spacial score (nSPS) is 16.7. The number of halogens is 3. The third-order valence-electron chi connectivity index (χ3n) is 4.70. The fourth-order valence-corrected chi connectivity index (χ4v) is 3.34. The van der Waals surface area contributed by atoms with Crippen molar-refractivity contribution in [2.45, 2.75) is 18.8 Å². The van der Waals surface area contributed by atoms with E-state index in [1.807, 2.05) is 18.2 Å². The Labute approximate surface area is 169 Å². The van der Waals surface area contributed by atoms with Gasteiger partial charge >= 0.3 is 6.36 Å². The molecule has 6 nitrogen and oxygen atoms in total. The molecule has 0 aliphatic carbocycles. The van der Waals surface area contributed by atoms with Crippen LogP contribution < -0.4 is 15.0 Å². The number of hydrogen-bond acceptors (Lipinski definition) is 4. The molecule has 4 rings (SSSR count). The lowest BCUT2D eigenvalue weighted by molar-refractivity contribution is -0.274. The molecule has 1 N–H and O–H groups in total. The van der Waals surface area contributed by atoms with E-state index in [1.165, 1.54) is 17.0 Å². The van der Waals surface area contributed by atoms with Gasteiger partial charge in [-0.15, -0.1) is 13.2 Å². The number of rotatable bonds is 4. The molecule has 0 radical (unpaired) electrons. The van der Waals surface area contributed by atoms with Crippen LogP contribution in [-0.2, 0) is 4.79 Å². The van der Waals surface area contributed by atoms with Crippen LogP contribution in [0.15, 0.2) is 60.7 Å². The minimum atomic E-state index is -4.82. The SMILES string of the molecule is O=C(N[C@H]1CCN(c2cccc(OC(F)(F)F)c2)C1=O)c1ccc2ccccc2n1. The maximum Gasteiger partial charge on any atom is 0.573 e. The number of nitrogens with zero attached hydrogens (tertiary/aromatic N) is 2. The Morgan fingerprint density at radius 3 is 2.70 bits per heavy atom. The molecule has 1 atom stereocenters. The Kier molecular flexibility index (Phi) is 5.03. The van der Waals surface area contributed by atoms with E-state index in [-0.39, 0.29) is 17.9 Å². The van der Waals surface area contributed by atoms with Gasteiger partial charge in [-0.05, 0) is 30.7 Å². The van der Waals surface area contributed by atoms with E-state index < -0.39 is 30.0 Å². The van der Waals surface area contributed by atoms with Crippen LogP contribution in [-0.4, -0.2) is 35.7 Å². The molecule has 3 aromatic rings. The molecule has 2 aromatic carbocycles. The second kappa shape index (κ2) is 7.66. The van der Waals surface area contributed by atoms with Crippen LogP contribution in [0.5, 0.6) is 5.75 Å². The topological polar surface area (TPSA) is 71.5 Å². The number of anilines is 1. The summed E-state index contributed by atoms with van der Waals surface area (Å²) in [5.74, 6) is -1.32. The number of benzene rings is 2. The summed E-state index contributed by atoms with van der Waals surface area (Å²) >= 11 is 0. The zero-order valence-corrected chi connectivity index (χ0v) is 15.5. The number of amides is 2. The van der Waals surface area contributed by atoms with Gasteiger partial charge in [0.1, 0.15) is 17.5 Å². The van der Waals surface area contributed by atoms with E-state index in [9.17, 15) is 22.8 Å². The Morgan fingerprint density at radius 1 is 1.10 bits per heavy atom. The molecule has 1 aliphatic rings. The summed E-state index contributed by atoms with van der Waals surface area (Å²) in [6, 6.07) is 15.1.